The van der Waals surface area contributed by atoms with Crippen LogP contribution in [-0.4, -0.2) is 41.9 Å². The molecule has 0 radical (unpaired) electrons. The number of carbonyl (C=O) groups is 3. The second kappa shape index (κ2) is 7.58. The number of aryl methyl sites for hydroxylation is 1. The van der Waals surface area contributed by atoms with Crippen molar-refractivity contribution in [2.24, 2.45) is 5.92 Å². The Morgan fingerprint density at radius 2 is 2.04 bits per heavy atom. The third-order valence-corrected chi connectivity index (χ3v) is 5.71. The molecule has 3 rings (SSSR count). The Morgan fingerprint density at radius 1 is 1.33 bits per heavy atom. The first kappa shape index (κ1) is 19.2. The summed E-state index contributed by atoms with van der Waals surface area (Å²) in [7, 11) is 1.52. The van der Waals surface area contributed by atoms with Crippen LogP contribution in [0, 0.1) is 12.8 Å². The zero-order valence-electron chi connectivity index (χ0n) is 16.1. The van der Waals surface area contributed by atoms with Crippen molar-refractivity contribution in [3.8, 4) is 5.75 Å². The third kappa shape index (κ3) is 3.77. The fraction of sp³-hybridized carbons (Fsp3) is 0.550. The average molecular weight is 373 g/mol. The SMILES string of the molecule is CCC1CCC2(CC1)NC(=O)N(CC(=O)Nc1cc(C)ccc1OC)C2=O. The van der Waals surface area contributed by atoms with E-state index in [0.29, 0.717) is 30.2 Å². The number of nitrogens with one attached hydrogen (secondary N) is 2. The van der Waals surface area contributed by atoms with E-state index < -0.39 is 17.5 Å². The molecule has 2 fully saturated rings. The molecule has 0 aromatic heterocycles. The zero-order chi connectivity index (χ0) is 19.6. The van der Waals surface area contributed by atoms with Gasteiger partial charge in [0.25, 0.3) is 5.91 Å². The van der Waals surface area contributed by atoms with Gasteiger partial charge in [-0.3, -0.25) is 14.5 Å². The van der Waals surface area contributed by atoms with Crippen LogP contribution in [0.25, 0.3) is 0 Å². The predicted octanol–water partition coefficient (Wildman–Crippen LogP) is 2.83. The number of benzene rings is 1. The van der Waals surface area contributed by atoms with Crippen LogP contribution in [0.3, 0.4) is 0 Å². The molecule has 0 unspecified atom stereocenters. The van der Waals surface area contributed by atoms with E-state index in [-0.39, 0.29) is 12.5 Å². The topological polar surface area (TPSA) is 87.7 Å². The van der Waals surface area contributed by atoms with Crippen LogP contribution in [0.1, 0.15) is 44.6 Å². The number of urea groups is 1. The number of hydrogen-bond donors (Lipinski definition) is 2. The maximum atomic E-state index is 12.9. The zero-order valence-corrected chi connectivity index (χ0v) is 16.1. The van der Waals surface area contributed by atoms with Gasteiger partial charge in [-0.1, -0.05) is 19.4 Å². The van der Waals surface area contributed by atoms with Gasteiger partial charge in [-0.2, -0.15) is 0 Å². The lowest BCUT2D eigenvalue weighted by molar-refractivity contribution is -0.135. The second-order valence-electron chi connectivity index (χ2n) is 7.51. The summed E-state index contributed by atoms with van der Waals surface area (Å²) < 4.78 is 5.25. The van der Waals surface area contributed by atoms with Crippen molar-refractivity contribution < 1.29 is 19.1 Å². The van der Waals surface area contributed by atoms with Crippen molar-refractivity contribution in [3.63, 3.8) is 0 Å². The first-order valence-corrected chi connectivity index (χ1v) is 9.47. The highest BCUT2D eigenvalue weighted by molar-refractivity contribution is 6.10. The number of rotatable bonds is 5. The van der Waals surface area contributed by atoms with Gasteiger partial charge in [0.1, 0.15) is 17.8 Å². The molecule has 1 aliphatic carbocycles. The van der Waals surface area contributed by atoms with Crippen molar-refractivity contribution in [1.29, 1.82) is 0 Å². The first-order valence-electron chi connectivity index (χ1n) is 9.47. The van der Waals surface area contributed by atoms with Crippen molar-refractivity contribution in [2.75, 3.05) is 19.0 Å². The first-order chi connectivity index (χ1) is 12.9. The van der Waals surface area contributed by atoms with Crippen LogP contribution in [0.15, 0.2) is 18.2 Å². The molecule has 1 aromatic rings. The van der Waals surface area contributed by atoms with Gasteiger partial charge in [0.05, 0.1) is 12.8 Å². The van der Waals surface area contributed by atoms with Crippen molar-refractivity contribution in [1.82, 2.24) is 10.2 Å². The maximum absolute atomic E-state index is 12.9. The molecule has 1 aliphatic heterocycles. The molecule has 1 aromatic carbocycles. The Morgan fingerprint density at radius 3 is 2.67 bits per heavy atom. The minimum atomic E-state index is -0.829. The third-order valence-electron chi connectivity index (χ3n) is 5.71. The minimum absolute atomic E-state index is 0.284. The lowest BCUT2D eigenvalue weighted by Gasteiger charge is -2.34. The molecule has 7 heteroatoms. The summed E-state index contributed by atoms with van der Waals surface area (Å²) in [6, 6.07) is 4.94. The smallest absolute Gasteiger partial charge is 0.325 e. The lowest BCUT2D eigenvalue weighted by atomic mass is 9.75. The molecule has 7 nitrogen and oxygen atoms in total. The number of anilines is 1. The molecule has 1 spiro atoms. The molecular formula is C20H27N3O4. The summed E-state index contributed by atoms with van der Waals surface area (Å²) in [5.41, 5.74) is 0.657. The Labute approximate surface area is 159 Å². The molecule has 27 heavy (non-hydrogen) atoms. The standard InChI is InChI=1S/C20H27N3O4/c1-4-14-7-9-20(10-8-14)18(25)23(19(26)22-20)12-17(24)21-15-11-13(2)5-6-16(15)27-3/h5-6,11,14H,4,7-10,12H2,1-3H3,(H,21,24)(H,22,26). The van der Waals surface area contributed by atoms with Gasteiger partial charge in [0, 0.05) is 0 Å². The number of carbonyl (C=O) groups excluding carboxylic acids is 3. The number of methoxy groups -OCH3 is 1. The molecule has 1 heterocycles. The van der Waals surface area contributed by atoms with E-state index in [1.807, 2.05) is 13.0 Å². The van der Waals surface area contributed by atoms with E-state index in [4.69, 9.17) is 4.74 Å². The molecular weight excluding hydrogens is 346 g/mol. The highest BCUT2D eigenvalue weighted by Crippen LogP contribution is 2.37. The van der Waals surface area contributed by atoms with E-state index in [2.05, 4.69) is 17.6 Å². The number of hydrogen-bond acceptors (Lipinski definition) is 4. The number of amides is 4. The van der Waals surface area contributed by atoms with Crippen LogP contribution in [0.4, 0.5) is 10.5 Å². The summed E-state index contributed by atoms with van der Waals surface area (Å²) in [4.78, 5) is 38.8. The molecule has 1 saturated heterocycles. The average Bonchev–Trinajstić information content (AvgIpc) is 2.87. The Hall–Kier alpha value is -2.57. The van der Waals surface area contributed by atoms with Crippen LogP contribution < -0.4 is 15.4 Å². The van der Waals surface area contributed by atoms with E-state index in [9.17, 15) is 14.4 Å². The lowest BCUT2D eigenvalue weighted by Crippen LogP contribution is -2.49. The van der Waals surface area contributed by atoms with Gasteiger partial charge < -0.3 is 15.4 Å². The molecule has 2 N–H and O–H groups in total. The van der Waals surface area contributed by atoms with Crippen LogP contribution in [0.2, 0.25) is 0 Å². The summed E-state index contributed by atoms with van der Waals surface area (Å²) in [5.74, 6) is 0.419. The molecule has 4 amide bonds. The predicted molar refractivity (Wildman–Crippen MR) is 102 cm³/mol. The quantitative estimate of drug-likeness (QED) is 0.777. The number of nitrogens with zero attached hydrogens (tertiary/aromatic N) is 1. The van der Waals surface area contributed by atoms with Crippen LogP contribution in [0.5, 0.6) is 5.75 Å². The van der Waals surface area contributed by atoms with Gasteiger partial charge in [0.15, 0.2) is 0 Å². The Bertz CT molecular complexity index is 754. The van der Waals surface area contributed by atoms with Crippen LogP contribution >= 0.6 is 0 Å². The highest BCUT2D eigenvalue weighted by Gasteiger charge is 2.52. The molecule has 146 valence electrons. The van der Waals surface area contributed by atoms with Crippen molar-refractivity contribution in [3.05, 3.63) is 23.8 Å². The fourth-order valence-corrected chi connectivity index (χ4v) is 3.99. The molecule has 1 saturated carbocycles. The minimum Gasteiger partial charge on any atom is -0.495 e. The molecule has 0 atom stereocenters. The van der Waals surface area contributed by atoms with Gasteiger partial charge in [0.2, 0.25) is 5.91 Å². The number of imide groups is 1. The maximum Gasteiger partial charge on any atom is 0.325 e. The summed E-state index contributed by atoms with van der Waals surface area (Å²) in [6.07, 6.45) is 4.20. The van der Waals surface area contributed by atoms with Gasteiger partial charge in [-0.15, -0.1) is 0 Å². The normalized spacial score (nSPS) is 24.9. The molecule has 0 bridgehead atoms. The van der Waals surface area contributed by atoms with Crippen molar-refractivity contribution >= 4 is 23.5 Å². The largest absolute Gasteiger partial charge is 0.495 e. The van der Waals surface area contributed by atoms with Crippen LogP contribution in [-0.2, 0) is 9.59 Å². The van der Waals surface area contributed by atoms with Gasteiger partial charge in [-0.05, 0) is 56.2 Å². The van der Waals surface area contributed by atoms with E-state index >= 15 is 0 Å². The van der Waals surface area contributed by atoms with E-state index in [1.165, 1.54) is 7.11 Å². The Kier molecular flexibility index (Phi) is 5.39. The van der Waals surface area contributed by atoms with Gasteiger partial charge in [-0.25, -0.2) is 4.79 Å². The molecule has 2 aliphatic rings. The fourth-order valence-electron chi connectivity index (χ4n) is 3.99. The highest BCUT2D eigenvalue weighted by atomic mass is 16.5. The summed E-state index contributed by atoms with van der Waals surface area (Å²) >= 11 is 0. The van der Waals surface area contributed by atoms with Gasteiger partial charge >= 0.3 is 6.03 Å². The Balaban J connectivity index is 1.67. The van der Waals surface area contributed by atoms with E-state index in [0.717, 1.165) is 29.7 Å². The summed E-state index contributed by atoms with van der Waals surface area (Å²) in [6.45, 7) is 3.75. The monoisotopic (exact) mass is 373 g/mol. The van der Waals surface area contributed by atoms with E-state index in [1.54, 1.807) is 12.1 Å². The number of ether oxygens (including phenoxy) is 1. The summed E-state index contributed by atoms with van der Waals surface area (Å²) in [5, 5.41) is 5.59. The van der Waals surface area contributed by atoms with Crippen molar-refractivity contribution in [2.45, 2.75) is 51.5 Å². The second-order valence-corrected chi connectivity index (χ2v) is 7.51.